The summed E-state index contributed by atoms with van der Waals surface area (Å²) in [7, 11) is 0. The Labute approximate surface area is 97.2 Å². The zero-order valence-corrected chi connectivity index (χ0v) is 8.92. The van der Waals surface area contributed by atoms with E-state index in [2.05, 4.69) is 0 Å². The maximum Gasteiger partial charge on any atom is 0.249 e. The van der Waals surface area contributed by atoms with Gasteiger partial charge < -0.3 is 21.3 Å². The Balaban J connectivity index is 2.42. The van der Waals surface area contributed by atoms with E-state index in [1.807, 2.05) is 0 Å². The third kappa shape index (κ3) is 2.13. The van der Waals surface area contributed by atoms with Crippen LogP contribution in [0, 0.1) is 0 Å². The smallest absolute Gasteiger partial charge is 0.249 e. The maximum atomic E-state index is 11.2. The molecule has 2 atom stereocenters. The number of nitrogens with two attached hydrogens (primary N) is 2. The van der Waals surface area contributed by atoms with Crippen molar-refractivity contribution in [3.8, 4) is 0 Å². The highest BCUT2D eigenvalue weighted by Gasteiger charge is 2.41. The minimum atomic E-state index is -0.608. The number of hydrogen-bond donors (Lipinski definition) is 3. The molecule has 6 heteroatoms. The van der Waals surface area contributed by atoms with Gasteiger partial charge in [-0.2, -0.15) is 0 Å². The number of carbonyl (C=O) groups is 2. The molecular formula is C11H12N2O4. The van der Waals surface area contributed by atoms with Crippen molar-refractivity contribution in [3.63, 3.8) is 0 Å². The molecule has 0 bridgehead atoms. The van der Waals surface area contributed by atoms with E-state index in [-0.39, 0.29) is 23.8 Å². The van der Waals surface area contributed by atoms with Crippen LogP contribution >= 0.6 is 0 Å². The van der Waals surface area contributed by atoms with Crippen molar-refractivity contribution in [2.24, 2.45) is 11.5 Å². The van der Waals surface area contributed by atoms with Crippen molar-refractivity contribution in [3.05, 3.63) is 34.9 Å². The lowest BCUT2D eigenvalue weighted by atomic mass is 9.99. The molecule has 0 aliphatic carbocycles. The second-order valence-corrected chi connectivity index (χ2v) is 3.81. The Kier molecular flexibility index (Phi) is 2.83. The van der Waals surface area contributed by atoms with Gasteiger partial charge in [-0.05, 0) is 23.8 Å². The topological polar surface area (TPSA) is 119 Å². The van der Waals surface area contributed by atoms with Gasteiger partial charge in [0.2, 0.25) is 11.8 Å². The van der Waals surface area contributed by atoms with Crippen LogP contribution in [-0.2, 0) is 4.74 Å². The van der Waals surface area contributed by atoms with E-state index in [1.165, 1.54) is 18.2 Å². The van der Waals surface area contributed by atoms with E-state index in [4.69, 9.17) is 21.3 Å². The van der Waals surface area contributed by atoms with Crippen LogP contribution in [0.15, 0.2) is 18.2 Å². The summed E-state index contributed by atoms with van der Waals surface area (Å²) in [6.07, 6.45) is -0.752. The van der Waals surface area contributed by atoms with Crippen LogP contribution in [0.5, 0.6) is 0 Å². The average Bonchev–Trinajstić information content (AvgIpc) is 3.07. The zero-order chi connectivity index (χ0) is 12.6. The number of amides is 2. The van der Waals surface area contributed by atoms with Crippen LogP contribution in [0.4, 0.5) is 0 Å². The van der Waals surface area contributed by atoms with E-state index >= 15 is 0 Å². The van der Waals surface area contributed by atoms with Crippen molar-refractivity contribution in [2.75, 3.05) is 6.61 Å². The van der Waals surface area contributed by atoms with Gasteiger partial charge in [-0.25, -0.2) is 0 Å². The van der Waals surface area contributed by atoms with Crippen LogP contribution < -0.4 is 11.5 Å². The highest BCUT2D eigenvalue weighted by atomic mass is 16.6. The van der Waals surface area contributed by atoms with Crippen LogP contribution in [0.3, 0.4) is 0 Å². The molecule has 1 aromatic rings. The summed E-state index contributed by atoms with van der Waals surface area (Å²) in [5, 5.41) is 8.91. The molecule has 1 saturated heterocycles. The van der Waals surface area contributed by atoms with Gasteiger partial charge in [0.25, 0.3) is 0 Å². The summed E-state index contributed by atoms with van der Waals surface area (Å²) in [5.74, 6) is -1.20. The molecule has 1 aliphatic rings. The van der Waals surface area contributed by atoms with E-state index < -0.39 is 17.9 Å². The standard InChI is InChI=1S/C11H12N2O4/c12-10(15)5-1-2-6(11(13)16)7(3-5)9-8(4-14)17-9/h1-3,8-9,14H,4H2,(H2,12,15)(H2,13,16). The summed E-state index contributed by atoms with van der Waals surface area (Å²) < 4.78 is 5.17. The largest absolute Gasteiger partial charge is 0.394 e. The lowest BCUT2D eigenvalue weighted by molar-refractivity contribution is 0.0987. The normalized spacial score (nSPS) is 22.2. The number of aliphatic hydroxyl groups is 1. The Morgan fingerprint density at radius 2 is 2.00 bits per heavy atom. The summed E-state index contributed by atoms with van der Waals surface area (Å²) in [5.41, 5.74) is 11.4. The van der Waals surface area contributed by atoms with Crippen LogP contribution in [0.2, 0.25) is 0 Å². The van der Waals surface area contributed by atoms with E-state index in [0.717, 1.165) is 0 Å². The highest BCUT2D eigenvalue weighted by Crippen LogP contribution is 2.40. The molecule has 1 heterocycles. The monoisotopic (exact) mass is 236 g/mol. The van der Waals surface area contributed by atoms with Crippen molar-refractivity contribution >= 4 is 11.8 Å². The molecule has 1 aliphatic heterocycles. The van der Waals surface area contributed by atoms with Gasteiger partial charge in [0.05, 0.1) is 6.61 Å². The van der Waals surface area contributed by atoms with Gasteiger partial charge >= 0.3 is 0 Å². The van der Waals surface area contributed by atoms with Gasteiger partial charge in [0.1, 0.15) is 12.2 Å². The molecule has 2 unspecified atom stereocenters. The third-order valence-corrected chi connectivity index (χ3v) is 2.67. The van der Waals surface area contributed by atoms with Gasteiger partial charge in [-0.15, -0.1) is 0 Å². The Hall–Kier alpha value is -1.92. The predicted octanol–water partition coefficient (Wildman–Crippen LogP) is -0.683. The van der Waals surface area contributed by atoms with Crippen molar-refractivity contribution in [1.29, 1.82) is 0 Å². The molecule has 0 saturated carbocycles. The molecule has 0 radical (unpaired) electrons. The molecule has 0 aromatic heterocycles. The number of primary amides is 2. The summed E-state index contributed by atoms with van der Waals surface area (Å²) in [4.78, 5) is 22.3. The second kappa shape index (κ2) is 4.15. The first-order valence-electron chi connectivity index (χ1n) is 5.04. The molecule has 1 fully saturated rings. The number of aliphatic hydroxyl groups excluding tert-OH is 1. The molecule has 90 valence electrons. The number of epoxide rings is 1. The summed E-state index contributed by atoms with van der Waals surface area (Å²) in [6, 6.07) is 4.35. The van der Waals surface area contributed by atoms with Gasteiger partial charge in [-0.1, -0.05) is 0 Å². The van der Waals surface area contributed by atoms with Gasteiger partial charge in [-0.3, -0.25) is 9.59 Å². The van der Waals surface area contributed by atoms with Crippen molar-refractivity contribution in [2.45, 2.75) is 12.2 Å². The first-order valence-corrected chi connectivity index (χ1v) is 5.04. The molecular weight excluding hydrogens is 224 g/mol. The SMILES string of the molecule is NC(=O)c1ccc(C(N)=O)c(C2OC2CO)c1. The van der Waals surface area contributed by atoms with E-state index in [9.17, 15) is 9.59 Å². The molecule has 2 rings (SSSR count). The fraction of sp³-hybridized carbons (Fsp3) is 0.273. The van der Waals surface area contributed by atoms with Crippen molar-refractivity contribution < 1.29 is 19.4 Å². The summed E-state index contributed by atoms with van der Waals surface area (Å²) >= 11 is 0. The van der Waals surface area contributed by atoms with E-state index in [0.29, 0.717) is 5.56 Å². The van der Waals surface area contributed by atoms with Gasteiger partial charge in [0, 0.05) is 11.1 Å². The second-order valence-electron chi connectivity index (χ2n) is 3.81. The van der Waals surface area contributed by atoms with Gasteiger partial charge in [0.15, 0.2) is 0 Å². The number of hydrogen-bond acceptors (Lipinski definition) is 4. The highest BCUT2D eigenvalue weighted by molar-refractivity contribution is 5.98. The first kappa shape index (κ1) is 11.6. The fourth-order valence-electron chi connectivity index (χ4n) is 1.73. The van der Waals surface area contributed by atoms with Crippen LogP contribution in [0.25, 0.3) is 0 Å². The number of ether oxygens (including phenoxy) is 1. The average molecular weight is 236 g/mol. The van der Waals surface area contributed by atoms with E-state index in [1.54, 1.807) is 0 Å². The number of carbonyl (C=O) groups excluding carboxylic acids is 2. The minimum Gasteiger partial charge on any atom is -0.394 e. The number of rotatable bonds is 4. The lowest BCUT2D eigenvalue weighted by Gasteiger charge is -2.05. The minimum absolute atomic E-state index is 0.149. The maximum absolute atomic E-state index is 11.2. The molecule has 1 aromatic carbocycles. The predicted molar refractivity (Wildman–Crippen MR) is 58.2 cm³/mol. The quantitative estimate of drug-likeness (QED) is 0.600. The summed E-state index contributed by atoms with van der Waals surface area (Å²) in [6.45, 7) is -0.149. The Morgan fingerprint density at radius 1 is 1.29 bits per heavy atom. The van der Waals surface area contributed by atoms with Crippen molar-refractivity contribution in [1.82, 2.24) is 0 Å². The Morgan fingerprint density at radius 3 is 2.47 bits per heavy atom. The first-order chi connectivity index (χ1) is 8.04. The van der Waals surface area contributed by atoms with Crippen LogP contribution in [0.1, 0.15) is 32.4 Å². The fourth-order valence-corrected chi connectivity index (χ4v) is 1.73. The molecule has 2 amide bonds. The lowest BCUT2D eigenvalue weighted by Crippen LogP contribution is -2.17. The molecule has 0 spiro atoms. The number of benzene rings is 1. The Bertz CT molecular complexity index is 486. The third-order valence-electron chi connectivity index (χ3n) is 2.67. The molecule has 17 heavy (non-hydrogen) atoms. The molecule has 5 N–H and O–H groups in total. The molecule has 6 nitrogen and oxygen atoms in total. The zero-order valence-electron chi connectivity index (χ0n) is 8.92. The van der Waals surface area contributed by atoms with Crippen LogP contribution in [-0.4, -0.2) is 29.6 Å².